The van der Waals surface area contributed by atoms with E-state index in [0.29, 0.717) is 17.3 Å². The number of aromatic nitrogens is 4. The average Bonchev–Trinajstić information content (AvgIpc) is 3.18. The number of hydrogen-bond donors (Lipinski definition) is 1. The molecule has 23 heavy (non-hydrogen) atoms. The van der Waals surface area contributed by atoms with Gasteiger partial charge in [0.1, 0.15) is 5.82 Å². The van der Waals surface area contributed by atoms with Gasteiger partial charge in [-0.15, -0.1) is 20.4 Å². The molecule has 0 aliphatic heterocycles. The maximum absolute atomic E-state index is 12.9. The van der Waals surface area contributed by atoms with Crippen molar-refractivity contribution in [3.8, 4) is 11.5 Å². The molecule has 0 unspecified atom stereocenters. The zero-order valence-corrected chi connectivity index (χ0v) is 14.1. The molecular weight excluding hydrogens is 337 g/mol. The number of rotatable bonds is 6. The fraction of sp³-hybridized carbons (Fsp3) is 0.286. The van der Waals surface area contributed by atoms with Gasteiger partial charge in [-0.2, -0.15) is 0 Å². The SMILES string of the molecule is CCNc1nnc(S[C@@H](C)c2nnc(-c3ccc(F)cc3)o2)s1. The third-order valence-electron chi connectivity index (χ3n) is 2.89. The van der Waals surface area contributed by atoms with Crippen LogP contribution in [0.3, 0.4) is 0 Å². The fourth-order valence-electron chi connectivity index (χ4n) is 1.79. The van der Waals surface area contributed by atoms with Crippen LogP contribution < -0.4 is 5.32 Å². The molecule has 0 aliphatic carbocycles. The van der Waals surface area contributed by atoms with Crippen LogP contribution in [0.2, 0.25) is 0 Å². The molecule has 0 fully saturated rings. The number of thioether (sulfide) groups is 1. The van der Waals surface area contributed by atoms with E-state index < -0.39 is 0 Å². The molecule has 120 valence electrons. The minimum absolute atomic E-state index is 0.0564. The molecule has 2 aromatic heterocycles. The van der Waals surface area contributed by atoms with Gasteiger partial charge < -0.3 is 9.73 Å². The minimum Gasteiger partial charge on any atom is -0.419 e. The number of nitrogens with one attached hydrogen (secondary N) is 1. The summed E-state index contributed by atoms with van der Waals surface area (Å²) in [6, 6.07) is 5.94. The maximum atomic E-state index is 12.9. The summed E-state index contributed by atoms with van der Waals surface area (Å²) in [5, 5.41) is 20.1. The summed E-state index contributed by atoms with van der Waals surface area (Å²) in [6.07, 6.45) is 0. The van der Waals surface area contributed by atoms with Crippen molar-refractivity contribution in [1.29, 1.82) is 0 Å². The summed E-state index contributed by atoms with van der Waals surface area (Å²) >= 11 is 2.99. The Hall–Kier alpha value is -2.00. The van der Waals surface area contributed by atoms with E-state index in [-0.39, 0.29) is 11.1 Å². The highest BCUT2D eigenvalue weighted by Crippen LogP contribution is 2.37. The van der Waals surface area contributed by atoms with Crippen LogP contribution in [0.25, 0.3) is 11.5 Å². The number of halogens is 1. The van der Waals surface area contributed by atoms with Crippen molar-refractivity contribution >= 4 is 28.2 Å². The topological polar surface area (TPSA) is 76.7 Å². The molecule has 0 saturated carbocycles. The Morgan fingerprint density at radius 1 is 1.22 bits per heavy atom. The van der Waals surface area contributed by atoms with E-state index in [0.717, 1.165) is 16.0 Å². The van der Waals surface area contributed by atoms with Crippen molar-refractivity contribution in [2.75, 3.05) is 11.9 Å². The molecule has 0 bridgehead atoms. The van der Waals surface area contributed by atoms with E-state index in [1.54, 1.807) is 12.1 Å². The molecule has 0 radical (unpaired) electrons. The van der Waals surface area contributed by atoms with E-state index >= 15 is 0 Å². The maximum Gasteiger partial charge on any atom is 0.247 e. The van der Waals surface area contributed by atoms with Gasteiger partial charge in [-0.1, -0.05) is 23.1 Å². The molecule has 1 aromatic carbocycles. The molecule has 0 spiro atoms. The summed E-state index contributed by atoms with van der Waals surface area (Å²) in [6.45, 7) is 4.77. The Morgan fingerprint density at radius 3 is 2.74 bits per heavy atom. The fourth-order valence-corrected chi connectivity index (χ4v) is 3.78. The smallest absolute Gasteiger partial charge is 0.247 e. The predicted molar refractivity (Wildman–Crippen MR) is 88.0 cm³/mol. The number of hydrogen-bond acceptors (Lipinski definition) is 8. The Balaban J connectivity index is 1.70. The van der Waals surface area contributed by atoms with Crippen LogP contribution in [0.5, 0.6) is 0 Å². The van der Waals surface area contributed by atoms with Crippen molar-refractivity contribution < 1.29 is 8.81 Å². The lowest BCUT2D eigenvalue weighted by atomic mass is 10.2. The van der Waals surface area contributed by atoms with Crippen molar-refractivity contribution in [2.24, 2.45) is 0 Å². The minimum atomic E-state index is -0.301. The second-order valence-corrected chi connectivity index (χ2v) is 7.18. The molecule has 2 heterocycles. The van der Waals surface area contributed by atoms with Gasteiger partial charge in [-0.3, -0.25) is 0 Å². The molecule has 3 rings (SSSR count). The van der Waals surface area contributed by atoms with Crippen LogP contribution in [-0.2, 0) is 0 Å². The quantitative estimate of drug-likeness (QED) is 0.672. The van der Waals surface area contributed by atoms with Gasteiger partial charge in [0.25, 0.3) is 0 Å². The highest BCUT2D eigenvalue weighted by atomic mass is 32.2. The second kappa shape index (κ2) is 7.05. The van der Waals surface area contributed by atoms with Crippen LogP contribution >= 0.6 is 23.1 Å². The summed E-state index contributed by atoms with van der Waals surface area (Å²) in [4.78, 5) is 0. The molecule has 3 aromatic rings. The third kappa shape index (κ3) is 3.85. The summed E-state index contributed by atoms with van der Waals surface area (Å²) in [5.74, 6) is 0.567. The molecular formula is C14H14FN5OS2. The van der Waals surface area contributed by atoms with E-state index in [1.807, 2.05) is 13.8 Å². The standard InChI is InChI=1S/C14H14FN5OS2/c1-3-16-13-19-20-14(23-13)22-8(2)11-17-18-12(21-11)9-4-6-10(15)7-5-9/h4-8H,3H2,1-2H3,(H,16,19)/t8-/m0/s1. The summed E-state index contributed by atoms with van der Waals surface area (Å²) in [7, 11) is 0. The van der Waals surface area contributed by atoms with Crippen molar-refractivity contribution in [2.45, 2.75) is 23.4 Å². The third-order valence-corrected chi connectivity index (χ3v) is 4.94. The molecule has 9 heteroatoms. The lowest BCUT2D eigenvalue weighted by Gasteiger charge is -2.02. The molecule has 0 aliphatic rings. The van der Waals surface area contributed by atoms with Crippen LogP contribution in [0, 0.1) is 5.82 Å². The van der Waals surface area contributed by atoms with Gasteiger partial charge in [0, 0.05) is 12.1 Å². The molecule has 6 nitrogen and oxygen atoms in total. The second-order valence-electron chi connectivity index (χ2n) is 4.62. The van der Waals surface area contributed by atoms with Gasteiger partial charge >= 0.3 is 0 Å². The number of anilines is 1. The predicted octanol–water partition coefficient (Wildman–Crippen LogP) is 4.01. The van der Waals surface area contributed by atoms with Crippen molar-refractivity contribution in [3.63, 3.8) is 0 Å². The molecule has 0 amide bonds. The zero-order chi connectivity index (χ0) is 16.2. The monoisotopic (exact) mass is 351 g/mol. The summed E-state index contributed by atoms with van der Waals surface area (Å²) < 4.78 is 19.5. The van der Waals surface area contributed by atoms with Crippen molar-refractivity contribution in [1.82, 2.24) is 20.4 Å². The lowest BCUT2D eigenvalue weighted by molar-refractivity contribution is 0.509. The highest BCUT2D eigenvalue weighted by Gasteiger charge is 2.18. The Morgan fingerprint density at radius 2 is 2.00 bits per heavy atom. The highest BCUT2D eigenvalue weighted by molar-refractivity contribution is 8.01. The molecule has 1 N–H and O–H groups in total. The van der Waals surface area contributed by atoms with E-state index in [1.165, 1.54) is 35.2 Å². The normalized spacial score (nSPS) is 12.3. The van der Waals surface area contributed by atoms with Crippen LogP contribution in [0.15, 0.2) is 33.0 Å². The first-order valence-corrected chi connectivity index (χ1v) is 8.68. The van der Waals surface area contributed by atoms with Gasteiger partial charge in [0.15, 0.2) is 4.34 Å². The number of nitrogens with zero attached hydrogens (tertiary/aromatic N) is 4. The van der Waals surface area contributed by atoms with Gasteiger partial charge in [0.2, 0.25) is 16.9 Å². The Kier molecular flexibility index (Phi) is 4.87. The first-order chi connectivity index (χ1) is 11.2. The number of benzene rings is 1. The van der Waals surface area contributed by atoms with Gasteiger partial charge in [0.05, 0.1) is 5.25 Å². The largest absolute Gasteiger partial charge is 0.419 e. The lowest BCUT2D eigenvalue weighted by Crippen LogP contribution is -1.94. The summed E-state index contributed by atoms with van der Waals surface area (Å²) in [5.41, 5.74) is 0.688. The van der Waals surface area contributed by atoms with E-state index in [9.17, 15) is 4.39 Å². The molecule has 0 saturated heterocycles. The van der Waals surface area contributed by atoms with Crippen LogP contribution in [0.1, 0.15) is 25.0 Å². The first kappa shape index (κ1) is 15.9. The Bertz CT molecular complexity index is 774. The first-order valence-electron chi connectivity index (χ1n) is 6.99. The van der Waals surface area contributed by atoms with Crippen LogP contribution in [0.4, 0.5) is 9.52 Å². The van der Waals surface area contributed by atoms with Gasteiger partial charge in [-0.05, 0) is 38.1 Å². The van der Waals surface area contributed by atoms with Gasteiger partial charge in [-0.25, -0.2) is 4.39 Å². The van der Waals surface area contributed by atoms with Crippen molar-refractivity contribution in [3.05, 3.63) is 36.0 Å². The van der Waals surface area contributed by atoms with Crippen LogP contribution in [-0.4, -0.2) is 26.9 Å². The average molecular weight is 351 g/mol. The van der Waals surface area contributed by atoms with E-state index in [4.69, 9.17) is 4.42 Å². The Labute approximate surface area is 140 Å². The molecule has 1 atom stereocenters. The zero-order valence-electron chi connectivity index (χ0n) is 12.5. The van der Waals surface area contributed by atoms with E-state index in [2.05, 4.69) is 25.7 Å².